The van der Waals surface area contributed by atoms with E-state index in [1.165, 1.54) is 77.0 Å². The van der Waals surface area contributed by atoms with Crippen molar-refractivity contribution < 1.29 is 0 Å². The molecule has 0 aliphatic carbocycles. The van der Waals surface area contributed by atoms with E-state index in [4.69, 9.17) is 0 Å². The van der Waals surface area contributed by atoms with Crippen LogP contribution in [0.2, 0.25) is 0 Å². The van der Waals surface area contributed by atoms with Crippen LogP contribution in [-0.4, -0.2) is 9.13 Å². The predicted molar refractivity (Wildman–Crippen MR) is 181 cm³/mol. The third kappa shape index (κ3) is 3.73. The van der Waals surface area contributed by atoms with Crippen molar-refractivity contribution in [2.75, 3.05) is 0 Å². The Morgan fingerprint density at radius 2 is 0.857 bits per heavy atom. The van der Waals surface area contributed by atoms with E-state index < -0.39 is 0 Å². The summed E-state index contributed by atoms with van der Waals surface area (Å²) in [4.78, 5) is 0. The highest BCUT2D eigenvalue weighted by Gasteiger charge is 2.14. The summed E-state index contributed by atoms with van der Waals surface area (Å²) in [5.74, 6) is 0. The molecule has 0 bridgehead atoms. The molecule has 200 valence electrons. The van der Waals surface area contributed by atoms with Gasteiger partial charge in [0.15, 0.2) is 0 Å². The van der Waals surface area contributed by atoms with Crippen molar-refractivity contribution in [2.45, 2.75) is 0 Å². The second-order valence-corrected chi connectivity index (χ2v) is 11.2. The minimum atomic E-state index is 1.12. The van der Waals surface area contributed by atoms with Crippen molar-refractivity contribution in [3.63, 3.8) is 0 Å². The average Bonchev–Trinajstić information content (AvgIpc) is 3.51. The van der Waals surface area contributed by atoms with Gasteiger partial charge in [-0.05, 0) is 99.6 Å². The van der Waals surface area contributed by atoms with E-state index in [0.29, 0.717) is 0 Å². The monoisotopic (exact) mass is 538 g/mol. The van der Waals surface area contributed by atoms with Crippen molar-refractivity contribution in [3.8, 4) is 33.4 Å². The number of benzene rings is 6. The Balaban J connectivity index is 1.37. The Morgan fingerprint density at radius 1 is 0.405 bits per heavy atom. The molecule has 0 atom stereocenters. The van der Waals surface area contributed by atoms with Gasteiger partial charge in [-0.2, -0.15) is 0 Å². The fourth-order valence-corrected chi connectivity index (χ4v) is 6.67. The summed E-state index contributed by atoms with van der Waals surface area (Å²) in [5.41, 5.74) is 13.4. The van der Waals surface area contributed by atoms with Gasteiger partial charge in [0, 0.05) is 57.7 Å². The highest BCUT2D eigenvalue weighted by molar-refractivity contribution is 6.10. The maximum Gasteiger partial charge on any atom is 0.0489 e. The molecule has 0 amide bonds. The van der Waals surface area contributed by atoms with E-state index in [9.17, 15) is 0 Å². The number of para-hydroxylation sites is 2. The molecular weight excluding hydrogens is 508 g/mol. The first-order valence-electron chi connectivity index (χ1n) is 14.4. The molecule has 8 aromatic rings. The fraction of sp³-hybridized carbons (Fsp3) is 0.0500. The number of aromatic nitrogens is 2. The zero-order valence-corrected chi connectivity index (χ0v) is 23.8. The lowest BCUT2D eigenvalue weighted by atomic mass is 9.92. The molecule has 2 nitrogen and oxygen atoms in total. The van der Waals surface area contributed by atoms with Gasteiger partial charge < -0.3 is 9.13 Å². The van der Waals surface area contributed by atoms with E-state index in [2.05, 4.69) is 157 Å². The zero-order valence-electron chi connectivity index (χ0n) is 23.8. The Bertz CT molecular complexity index is 2210. The lowest BCUT2D eigenvalue weighted by Gasteiger charge is -2.13. The topological polar surface area (TPSA) is 9.86 Å². The molecule has 0 unspecified atom stereocenters. The number of nitrogens with zero attached hydrogens (tertiary/aromatic N) is 2. The molecule has 8 rings (SSSR count). The smallest absolute Gasteiger partial charge is 0.0489 e. The van der Waals surface area contributed by atoms with Crippen LogP contribution in [0.3, 0.4) is 0 Å². The first kappa shape index (κ1) is 24.5. The minimum absolute atomic E-state index is 1.12. The van der Waals surface area contributed by atoms with Crippen LogP contribution in [0.15, 0.2) is 134 Å². The number of rotatable bonds is 4. The molecule has 0 fully saturated rings. The molecule has 2 aromatic heterocycles. The molecule has 0 saturated heterocycles. The molecule has 0 saturated carbocycles. The van der Waals surface area contributed by atoms with Gasteiger partial charge >= 0.3 is 0 Å². The third-order valence-corrected chi connectivity index (χ3v) is 8.88. The van der Waals surface area contributed by atoms with Gasteiger partial charge in [0.2, 0.25) is 0 Å². The third-order valence-electron chi connectivity index (χ3n) is 8.88. The summed E-state index contributed by atoms with van der Waals surface area (Å²) in [6.45, 7) is 4.00. The van der Waals surface area contributed by atoms with E-state index >= 15 is 0 Å². The molecular formula is C40H30N2. The molecule has 0 aliphatic heterocycles. The average molecular weight is 539 g/mol. The normalized spacial score (nSPS) is 11.7. The summed E-state index contributed by atoms with van der Waals surface area (Å²) in [6.07, 6.45) is 1.91. The Hall–Kier alpha value is -5.34. The first-order chi connectivity index (χ1) is 20.6. The van der Waals surface area contributed by atoms with Gasteiger partial charge in [-0.1, -0.05) is 79.4 Å². The number of hydrogen-bond donors (Lipinski definition) is 0. The van der Waals surface area contributed by atoms with Gasteiger partial charge in [-0.25, -0.2) is 0 Å². The maximum absolute atomic E-state index is 4.00. The zero-order chi connectivity index (χ0) is 28.4. The largest absolute Gasteiger partial charge is 0.344 e. The number of fused-ring (bicyclic) bond motifs is 6. The Morgan fingerprint density at radius 3 is 1.36 bits per heavy atom. The van der Waals surface area contributed by atoms with E-state index in [1.807, 2.05) is 6.08 Å². The van der Waals surface area contributed by atoms with Crippen LogP contribution in [-0.2, 0) is 14.1 Å². The van der Waals surface area contributed by atoms with Gasteiger partial charge in [0.05, 0.1) is 0 Å². The number of aryl methyl sites for hydroxylation is 2. The summed E-state index contributed by atoms with van der Waals surface area (Å²) in [7, 11) is 4.30. The van der Waals surface area contributed by atoms with Crippen molar-refractivity contribution in [2.24, 2.45) is 14.1 Å². The van der Waals surface area contributed by atoms with Crippen LogP contribution in [0.1, 0.15) is 5.56 Å². The second kappa shape index (κ2) is 9.36. The van der Waals surface area contributed by atoms with Crippen LogP contribution < -0.4 is 0 Å². The predicted octanol–water partition coefficient (Wildman–Crippen LogP) is 10.6. The lowest BCUT2D eigenvalue weighted by molar-refractivity contribution is 1.01. The van der Waals surface area contributed by atoms with Crippen LogP contribution in [0.25, 0.3) is 83.1 Å². The van der Waals surface area contributed by atoms with Crippen LogP contribution in [0.5, 0.6) is 0 Å². The second-order valence-electron chi connectivity index (χ2n) is 11.2. The highest BCUT2D eigenvalue weighted by atomic mass is 14.9. The summed E-state index contributed by atoms with van der Waals surface area (Å²) in [6, 6.07) is 46.7. The van der Waals surface area contributed by atoms with Crippen LogP contribution >= 0.6 is 0 Å². The molecule has 2 heterocycles. The van der Waals surface area contributed by atoms with E-state index in [-0.39, 0.29) is 0 Å². The van der Waals surface area contributed by atoms with Gasteiger partial charge in [-0.3, -0.25) is 0 Å². The lowest BCUT2D eigenvalue weighted by Crippen LogP contribution is -1.89. The maximum atomic E-state index is 4.00. The fourth-order valence-electron chi connectivity index (χ4n) is 6.67. The van der Waals surface area contributed by atoms with Gasteiger partial charge in [-0.15, -0.1) is 0 Å². The van der Waals surface area contributed by atoms with Crippen molar-refractivity contribution in [1.82, 2.24) is 9.13 Å². The number of hydrogen-bond acceptors (Lipinski definition) is 0. The molecule has 0 aliphatic rings. The Kier molecular flexibility index (Phi) is 5.45. The quantitative estimate of drug-likeness (QED) is 0.211. The molecule has 0 radical (unpaired) electrons. The minimum Gasteiger partial charge on any atom is -0.344 e. The van der Waals surface area contributed by atoms with E-state index in [0.717, 1.165) is 5.56 Å². The molecule has 6 aromatic carbocycles. The van der Waals surface area contributed by atoms with Crippen molar-refractivity contribution in [1.29, 1.82) is 0 Å². The van der Waals surface area contributed by atoms with Gasteiger partial charge in [0.25, 0.3) is 0 Å². The molecule has 0 N–H and O–H groups in total. The summed E-state index contributed by atoms with van der Waals surface area (Å²) in [5, 5.41) is 5.13. The molecule has 42 heavy (non-hydrogen) atoms. The summed E-state index contributed by atoms with van der Waals surface area (Å²) >= 11 is 0. The van der Waals surface area contributed by atoms with Crippen LogP contribution in [0.4, 0.5) is 0 Å². The van der Waals surface area contributed by atoms with Gasteiger partial charge in [0.1, 0.15) is 0 Å². The molecule has 0 spiro atoms. The van der Waals surface area contributed by atoms with Crippen molar-refractivity contribution in [3.05, 3.63) is 140 Å². The summed E-state index contributed by atoms with van der Waals surface area (Å²) < 4.78 is 4.58. The van der Waals surface area contributed by atoms with Crippen LogP contribution in [0, 0.1) is 0 Å². The Labute approximate surface area is 245 Å². The highest BCUT2D eigenvalue weighted by Crippen LogP contribution is 2.38. The molecule has 2 heteroatoms. The van der Waals surface area contributed by atoms with Crippen molar-refractivity contribution >= 4 is 49.7 Å². The SMILES string of the molecule is C=Cc1cccc(-c2cc(-c3ccc4c(c3)c3ccccc3n4C)cc(-c3ccc4c(c3)c3ccccc3n4C)c2)c1. The first-order valence-corrected chi connectivity index (χ1v) is 14.4. The standard InChI is InChI=1S/C40H30N2/c1-4-26-10-9-11-27(20-26)30-21-31(28-16-18-39-35(24-28)33-12-5-7-14-37(33)41(39)2)23-32(22-30)29-17-19-40-36(25-29)34-13-6-8-15-38(34)42(40)3/h4-25H,1H2,2-3H3. The van der Waals surface area contributed by atoms with E-state index in [1.54, 1.807) is 0 Å².